The molecule has 27 heavy (non-hydrogen) atoms. The highest BCUT2D eigenvalue weighted by molar-refractivity contribution is 8.00. The SMILES string of the molecule is CCn1c(SC(C)C(=O)Nc2ccccc2OC)nnc1-c1ccccc1. The van der Waals surface area contributed by atoms with E-state index in [1.54, 1.807) is 7.11 Å². The van der Waals surface area contributed by atoms with Gasteiger partial charge >= 0.3 is 0 Å². The molecule has 0 spiro atoms. The van der Waals surface area contributed by atoms with Crippen molar-refractivity contribution in [2.45, 2.75) is 30.8 Å². The number of ether oxygens (including phenoxy) is 1. The van der Waals surface area contributed by atoms with Crippen LogP contribution in [0, 0.1) is 0 Å². The molecule has 1 amide bonds. The number of hydrogen-bond acceptors (Lipinski definition) is 5. The third-order valence-electron chi connectivity index (χ3n) is 4.08. The van der Waals surface area contributed by atoms with Gasteiger partial charge in [-0.15, -0.1) is 10.2 Å². The van der Waals surface area contributed by atoms with Gasteiger partial charge in [0.1, 0.15) is 5.75 Å². The molecule has 0 bridgehead atoms. The molecule has 1 N–H and O–H groups in total. The van der Waals surface area contributed by atoms with Gasteiger partial charge in [0.2, 0.25) is 5.91 Å². The number of anilines is 1. The summed E-state index contributed by atoms with van der Waals surface area (Å²) in [5.74, 6) is 1.32. The summed E-state index contributed by atoms with van der Waals surface area (Å²) in [6.07, 6.45) is 0. The van der Waals surface area contributed by atoms with Gasteiger partial charge in [-0.25, -0.2) is 0 Å². The Morgan fingerprint density at radius 2 is 1.85 bits per heavy atom. The Balaban J connectivity index is 1.75. The molecule has 1 unspecified atom stereocenters. The number of aromatic nitrogens is 3. The van der Waals surface area contributed by atoms with Gasteiger partial charge in [-0.3, -0.25) is 4.79 Å². The van der Waals surface area contributed by atoms with Crippen LogP contribution in [0.4, 0.5) is 5.69 Å². The Morgan fingerprint density at radius 3 is 2.56 bits per heavy atom. The summed E-state index contributed by atoms with van der Waals surface area (Å²) < 4.78 is 7.31. The first-order valence-corrected chi connectivity index (χ1v) is 9.61. The molecule has 0 fully saturated rings. The lowest BCUT2D eigenvalue weighted by Crippen LogP contribution is -2.23. The van der Waals surface area contributed by atoms with Crippen molar-refractivity contribution in [3.63, 3.8) is 0 Å². The lowest BCUT2D eigenvalue weighted by atomic mass is 10.2. The van der Waals surface area contributed by atoms with E-state index in [2.05, 4.69) is 15.5 Å². The van der Waals surface area contributed by atoms with Crippen molar-refractivity contribution < 1.29 is 9.53 Å². The number of thioether (sulfide) groups is 1. The van der Waals surface area contributed by atoms with Crippen LogP contribution in [0.2, 0.25) is 0 Å². The van der Waals surface area contributed by atoms with Crippen molar-refractivity contribution in [1.82, 2.24) is 14.8 Å². The second kappa shape index (κ2) is 8.73. The van der Waals surface area contributed by atoms with Crippen LogP contribution in [0.15, 0.2) is 59.8 Å². The summed E-state index contributed by atoms with van der Waals surface area (Å²) in [6.45, 7) is 4.62. The van der Waals surface area contributed by atoms with Crippen molar-refractivity contribution >= 4 is 23.4 Å². The number of benzene rings is 2. The van der Waals surface area contributed by atoms with Crippen molar-refractivity contribution in [2.24, 2.45) is 0 Å². The fraction of sp³-hybridized carbons (Fsp3) is 0.250. The minimum Gasteiger partial charge on any atom is -0.495 e. The van der Waals surface area contributed by atoms with Crippen LogP contribution in [0.3, 0.4) is 0 Å². The summed E-state index contributed by atoms with van der Waals surface area (Å²) in [6, 6.07) is 17.3. The molecule has 7 heteroatoms. The topological polar surface area (TPSA) is 69.0 Å². The molecule has 140 valence electrons. The molecule has 2 aromatic carbocycles. The molecule has 3 rings (SSSR count). The Bertz CT molecular complexity index is 911. The largest absolute Gasteiger partial charge is 0.495 e. The first-order chi connectivity index (χ1) is 13.1. The monoisotopic (exact) mass is 382 g/mol. The molecule has 6 nitrogen and oxygen atoms in total. The van der Waals surface area contributed by atoms with Gasteiger partial charge in [-0.05, 0) is 26.0 Å². The number of nitrogens with zero attached hydrogens (tertiary/aromatic N) is 3. The third-order valence-corrected chi connectivity index (χ3v) is 5.16. The second-order valence-electron chi connectivity index (χ2n) is 5.87. The second-order valence-corrected chi connectivity index (χ2v) is 7.17. The van der Waals surface area contributed by atoms with E-state index in [9.17, 15) is 4.79 Å². The zero-order valence-corrected chi connectivity index (χ0v) is 16.4. The summed E-state index contributed by atoms with van der Waals surface area (Å²) in [5, 5.41) is 11.9. The van der Waals surface area contributed by atoms with Gasteiger partial charge in [-0.1, -0.05) is 54.2 Å². The lowest BCUT2D eigenvalue weighted by molar-refractivity contribution is -0.115. The maximum absolute atomic E-state index is 12.6. The maximum atomic E-state index is 12.6. The maximum Gasteiger partial charge on any atom is 0.237 e. The molecule has 1 heterocycles. The standard InChI is InChI=1S/C20H22N4O2S/c1-4-24-18(15-10-6-5-7-11-15)22-23-20(24)27-14(2)19(25)21-16-12-8-9-13-17(16)26-3/h5-14H,4H2,1-3H3,(H,21,25). The van der Waals surface area contributed by atoms with Crippen LogP contribution >= 0.6 is 11.8 Å². The van der Waals surface area contributed by atoms with Crippen LogP contribution in [-0.4, -0.2) is 33.0 Å². The lowest BCUT2D eigenvalue weighted by Gasteiger charge is -2.14. The minimum atomic E-state index is -0.340. The van der Waals surface area contributed by atoms with E-state index in [0.717, 1.165) is 23.1 Å². The number of methoxy groups -OCH3 is 1. The van der Waals surface area contributed by atoms with Gasteiger partial charge in [0.15, 0.2) is 11.0 Å². The van der Waals surface area contributed by atoms with E-state index in [4.69, 9.17) is 4.74 Å². The zero-order chi connectivity index (χ0) is 19.2. The van der Waals surface area contributed by atoms with Crippen molar-refractivity contribution in [1.29, 1.82) is 0 Å². The van der Waals surface area contributed by atoms with Crippen LogP contribution in [0.1, 0.15) is 13.8 Å². The van der Waals surface area contributed by atoms with E-state index in [1.807, 2.05) is 73.0 Å². The summed E-state index contributed by atoms with van der Waals surface area (Å²) in [4.78, 5) is 12.6. The Labute approximate surface area is 163 Å². The van der Waals surface area contributed by atoms with E-state index < -0.39 is 0 Å². The number of rotatable bonds is 7. The van der Waals surface area contributed by atoms with Gasteiger partial charge in [0.05, 0.1) is 18.0 Å². The first kappa shape index (κ1) is 19.0. The van der Waals surface area contributed by atoms with Gasteiger partial charge < -0.3 is 14.6 Å². The quantitative estimate of drug-likeness (QED) is 0.623. The Kier molecular flexibility index (Phi) is 6.13. The molecule has 0 saturated carbocycles. The molecule has 1 aromatic heterocycles. The molecule has 0 aliphatic rings. The highest BCUT2D eigenvalue weighted by Crippen LogP contribution is 2.28. The van der Waals surface area contributed by atoms with E-state index in [1.165, 1.54) is 11.8 Å². The number of carbonyl (C=O) groups is 1. The first-order valence-electron chi connectivity index (χ1n) is 8.73. The molecule has 3 aromatic rings. The molecule has 1 atom stereocenters. The van der Waals surface area contributed by atoms with E-state index in [0.29, 0.717) is 11.4 Å². The molecule has 0 aliphatic carbocycles. The van der Waals surface area contributed by atoms with Crippen LogP contribution in [-0.2, 0) is 11.3 Å². The normalized spacial score (nSPS) is 11.8. The number of para-hydroxylation sites is 2. The van der Waals surface area contributed by atoms with Crippen LogP contribution in [0.25, 0.3) is 11.4 Å². The van der Waals surface area contributed by atoms with Crippen molar-refractivity contribution in [3.05, 3.63) is 54.6 Å². The number of carbonyl (C=O) groups excluding carboxylic acids is 1. The molecular formula is C20H22N4O2S. The highest BCUT2D eigenvalue weighted by Gasteiger charge is 2.21. The van der Waals surface area contributed by atoms with E-state index in [-0.39, 0.29) is 11.2 Å². The number of amides is 1. The summed E-state index contributed by atoms with van der Waals surface area (Å²) in [5.41, 5.74) is 1.66. The third kappa shape index (κ3) is 4.31. The molecule has 0 saturated heterocycles. The predicted molar refractivity (Wildman–Crippen MR) is 108 cm³/mol. The molecular weight excluding hydrogens is 360 g/mol. The van der Waals surface area contributed by atoms with Crippen molar-refractivity contribution in [3.8, 4) is 17.1 Å². The van der Waals surface area contributed by atoms with Crippen molar-refractivity contribution in [2.75, 3.05) is 12.4 Å². The molecule has 0 aliphatic heterocycles. The average Bonchev–Trinajstić information content (AvgIpc) is 3.11. The van der Waals surface area contributed by atoms with Crippen LogP contribution < -0.4 is 10.1 Å². The van der Waals surface area contributed by atoms with E-state index >= 15 is 0 Å². The fourth-order valence-electron chi connectivity index (χ4n) is 2.66. The predicted octanol–water partition coefficient (Wildman–Crippen LogP) is 4.09. The number of nitrogens with one attached hydrogen (secondary N) is 1. The van der Waals surface area contributed by atoms with Gasteiger partial charge in [-0.2, -0.15) is 0 Å². The van der Waals surface area contributed by atoms with Gasteiger partial charge in [0.25, 0.3) is 0 Å². The van der Waals surface area contributed by atoms with Crippen LogP contribution in [0.5, 0.6) is 5.75 Å². The Morgan fingerprint density at radius 1 is 1.15 bits per heavy atom. The highest BCUT2D eigenvalue weighted by atomic mass is 32.2. The minimum absolute atomic E-state index is 0.114. The Hall–Kier alpha value is -2.80. The van der Waals surface area contributed by atoms with Gasteiger partial charge in [0, 0.05) is 12.1 Å². The molecule has 0 radical (unpaired) electrons. The zero-order valence-electron chi connectivity index (χ0n) is 15.5. The fourth-order valence-corrected chi connectivity index (χ4v) is 3.57. The summed E-state index contributed by atoms with van der Waals surface area (Å²) >= 11 is 1.39. The summed E-state index contributed by atoms with van der Waals surface area (Å²) in [7, 11) is 1.58. The smallest absolute Gasteiger partial charge is 0.237 e. The number of hydrogen-bond donors (Lipinski definition) is 1. The average molecular weight is 382 g/mol.